The largest absolute Gasteiger partial charge is 1.00 e. The van der Waals surface area contributed by atoms with Gasteiger partial charge in [0.2, 0.25) is 12.5 Å². The summed E-state index contributed by atoms with van der Waals surface area (Å²) < 4.78 is 18.2. The minimum Gasteiger partial charge on any atom is -1.00 e. The Kier molecular flexibility index (Phi) is 7.39. The molecule has 0 fully saturated rings. The molecule has 0 bridgehead atoms. The van der Waals surface area contributed by atoms with Crippen LogP contribution >= 0.6 is 0 Å². The Balaban J connectivity index is 0.00000320. The second-order valence-corrected chi connectivity index (χ2v) is 13.2. The highest BCUT2D eigenvalue weighted by atomic mass is 127. The van der Waals surface area contributed by atoms with E-state index >= 15 is 0 Å². The number of quaternary nitrogens is 1. The number of hydrogen-bond acceptors (Lipinski definition) is 4. The number of hydrogen-bond donors (Lipinski definition) is 1. The van der Waals surface area contributed by atoms with Crippen LogP contribution in [0.2, 0.25) is 0 Å². The normalized spacial score (nSPS) is 24.9. The molecule has 37 heavy (non-hydrogen) atoms. The lowest BCUT2D eigenvalue weighted by molar-refractivity contribution is -0.924. The molecule has 0 spiro atoms. The molecule has 0 amide bonds. The summed E-state index contributed by atoms with van der Waals surface area (Å²) >= 11 is 0. The van der Waals surface area contributed by atoms with E-state index in [-0.39, 0.29) is 47.6 Å². The van der Waals surface area contributed by atoms with Crippen LogP contribution in [0, 0.1) is 12.8 Å². The molecule has 2 aromatic carbocycles. The van der Waals surface area contributed by atoms with Crippen molar-refractivity contribution in [1.29, 1.82) is 0 Å². The molecule has 2 aliphatic heterocycles. The highest BCUT2D eigenvalue weighted by Gasteiger charge is 2.44. The van der Waals surface area contributed by atoms with Crippen molar-refractivity contribution in [2.45, 2.75) is 83.8 Å². The fourth-order valence-electron chi connectivity index (χ4n) is 7.08. The predicted molar refractivity (Wildman–Crippen MR) is 143 cm³/mol. The summed E-state index contributed by atoms with van der Waals surface area (Å²) in [6.07, 6.45) is 2.14. The molecule has 0 radical (unpaired) electrons. The molecule has 3 aliphatic rings. The van der Waals surface area contributed by atoms with Gasteiger partial charge in [0.05, 0.1) is 39.4 Å². The molecule has 1 N–H and O–H groups in total. The molecule has 0 saturated carbocycles. The van der Waals surface area contributed by atoms with Crippen LogP contribution in [0.3, 0.4) is 0 Å². The first-order valence-corrected chi connectivity index (χ1v) is 13.4. The van der Waals surface area contributed by atoms with E-state index in [0.29, 0.717) is 18.1 Å². The molecule has 3 unspecified atom stereocenters. The summed E-state index contributed by atoms with van der Waals surface area (Å²) in [5.74, 6) is 2.83. The van der Waals surface area contributed by atoms with E-state index in [9.17, 15) is 5.11 Å². The highest BCUT2D eigenvalue weighted by molar-refractivity contribution is 5.61. The molecule has 3 atom stereocenters. The Bertz CT molecular complexity index is 1200. The van der Waals surface area contributed by atoms with Crippen molar-refractivity contribution >= 4 is 0 Å². The highest BCUT2D eigenvalue weighted by Crippen LogP contribution is 2.53. The van der Waals surface area contributed by atoms with Gasteiger partial charge in [0.1, 0.15) is 6.04 Å². The zero-order chi connectivity index (χ0) is 26.2. The van der Waals surface area contributed by atoms with Gasteiger partial charge in [-0.05, 0) is 64.0 Å². The number of rotatable bonds is 4. The maximum absolute atomic E-state index is 11.8. The van der Waals surface area contributed by atoms with E-state index in [4.69, 9.17) is 14.2 Å². The van der Waals surface area contributed by atoms with Crippen LogP contribution in [0.4, 0.5) is 0 Å². The van der Waals surface area contributed by atoms with Crippen molar-refractivity contribution in [1.82, 2.24) is 0 Å². The van der Waals surface area contributed by atoms with Crippen LogP contribution in [0.1, 0.15) is 93.0 Å². The quantitative estimate of drug-likeness (QED) is 0.422. The molecule has 0 saturated heterocycles. The third-order valence-corrected chi connectivity index (χ3v) is 9.77. The Morgan fingerprint density at radius 3 is 2.49 bits per heavy atom. The maximum atomic E-state index is 11.8. The van der Waals surface area contributed by atoms with Gasteiger partial charge in [0.15, 0.2) is 11.5 Å². The van der Waals surface area contributed by atoms with Crippen LogP contribution in [0.5, 0.6) is 17.2 Å². The Morgan fingerprint density at radius 1 is 1.11 bits per heavy atom. The first-order chi connectivity index (χ1) is 16.8. The first kappa shape index (κ1) is 28.5. The SMILES string of the molecule is COc1c2c(cc3c1C(CC(O)c1cc4c(cc1C)C(C)(C)C(C)CC4(C)C)[N+](C)(C)CC3)OCO2.[I-]. The smallest absolute Gasteiger partial charge is 0.231 e. The number of aliphatic hydroxyl groups excluding tert-OH is 1. The van der Waals surface area contributed by atoms with Crippen LogP contribution < -0.4 is 38.2 Å². The number of aliphatic hydroxyl groups is 1. The van der Waals surface area contributed by atoms with Gasteiger partial charge in [-0.3, -0.25) is 0 Å². The van der Waals surface area contributed by atoms with Crippen molar-refractivity contribution in [3.05, 3.63) is 51.6 Å². The number of likely N-dealkylation sites (N-methyl/N-ethyl adjacent to an activating group) is 1. The minimum absolute atomic E-state index is 0. The molecule has 0 aromatic heterocycles. The lowest BCUT2D eigenvalue weighted by Gasteiger charge is -2.47. The third-order valence-electron chi connectivity index (χ3n) is 9.77. The summed E-state index contributed by atoms with van der Waals surface area (Å²) in [4.78, 5) is 0. The number of benzene rings is 2. The molecule has 6 heteroatoms. The summed E-state index contributed by atoms with van der Waals surface area (Å²) in [5, 5.41) is 11.8. The van der Waals surface area contributed by atoms with E-state index in [0.717, 1.165) is 46.5 Å². The van der Waals surface area contributed by atoms with Crippen LogP contribution in [-0.4, -0.2) is 44.1 Å². The second-order valence-electron chi connectivity index (χ2n) is 13.2. The van der Waals surface area contributed by atoms with E-state index in [2.05, 4.69) is 73.8 Å². The number of halogens is 1. The molecule has 2 aromatic rings. The number of nitrogens with zero attached hydrogens (tertiary/aromatic N) is 1. The average molecular weight is 622 g/mol. The van der Waals surface area contributed by atoms with Gasteiger partial charge in [-0.1, -0.05) is 46.8 Å². The number of aryl methyl sites for hydroxylation is 1. The van der Waals surface area contributed by atoms with Gasteiger partial charge in [0, 0.05) is 12.8 Å². The van der Waals surface area contributed by atoms with Gasteiger partial charge in [-0.2, -0.15) is 0 Å². The van der Waals surface area contributed by atoms with Gasteiger partial charge < -0.3 is 47.8 Å². The lowest BCUT2D eigenvalue weighted by Crippen LogP contribution is -3.00. The molecule has 204 valence electrons. The number of ether oxygens (including phenoxy) is 3. The van der Waals surface area contributed by atoms with Crippen molar-refractivity contribution in [3.8, 4) is 17.2 Å². The van der Waals surface area contributed by atoms with Crippen molar-refractivity contribution < 1.29 is 47.8 Å². The topological polar surface area (TPSA) is 47.9 Å². The fourth-order valence-corrected chi connectivity index (χ4v) is 7.08. The Morgan fingerprint density at radius 2 is 1.81 bits per heavy atom. The standard InChI is InChI=1S/C31H44NO4.HI/c1-18-12-23-22(30(3,4)16-19(2)31(23,5)6)14-21(18)25(33)15-24-27-20(10-11-32(24,7)8)13-26-28(29(27)34-9)36-17-35-26;/h12-14,19,24-25,33H,10-11,15-17H2,1-9H3;1H/q+1;/p-1. The molecule has 2 heterocycles. The van der Waals surface area contributed by atoms with Gasteiger partial charge >= 0.3 is 0 Å². The monoisotopic (exact) mass is 621 g/mol. The molecule has 5 nitrogen and oxygen atoms in total. The third kappa shape index (κ3) is 4.55. The Labute approximate surface area is 240 Å². The maximum Gasteiger partial charge on any atom is 0.231 e. The average Bonchev–Trinajstić information content (AvgIpc) is 3.26. The number of fused-ring (bicyclic) bond motifs is 3. The van der Waals surface area contributed by atoms with Gasteiger partial charge in [0.25, 0.3) is 0 Å². The van der Waals surface area contributed by atoms with E-state index < -0.39 is 6.10 Å². The second kappa shape index (κ2) is 9.60. The fraction of sp³-hybridized carbons (Fsp3) is 0.613. The van der Waals surface area contributed by atoms with E-state index in [1.165, 1.54) is 22.3 Å². The van der Waals surface area contributed by atoms with Gasteiger partial charge in [-0.25, -0.2) is 0 Å². The molecular weight excluding hydrogens is 577 g/mol. The zero-order valence-corrected chi connectivity index (χ0v) is 26.2. The molecule has 1 aliphatic carbocycles. The lowest BCUT2D eigenvalue weighted by atomic mass is 9.58. The van der Waals surface area contributed by atoms with E-state index in [1.807, 2.05) is 0 Å². The Hall–Kier alpha value is -1.51. The van der Waals surface area contributed by atoms with Gasteiger partial charge in [-0.15, -0.1) is 0 Å². The minimum atomic E-state index is -0.572. The van der Waals surface area contributed by atoms with Crippen LogP contribution in [0.15, 0.2) is 18.2 Å². The van der Waals surface area contributed by atoms with Crippen molar-refractivity contribution in [3.63, 3.8) is 0 Å². The summed E-state index contributed by atoms with van der Waals surface area (Å²) in [5.41, 5.74) is 7.67. The van der Waals surface area contributed by atoms with Crippen LogP contribution in [0.25, 0.3) is 0 Å². The molecule has 5 rings (SSSR count). The van der Waals surface area contributed by atoms with Crippen molar-refractivity contribution in [2.75, 3.05) is 34.5 Å². The summed E-state index contributed by atoms with van der Waals surface area (Å²) in [7, 11) is 6.23. The summed E-state index contributed by atoms with van der Waals surface area (Å²) in [6, 6.07) is 6.88. The predicted octanol–water partition coefficient (Wildman–Crippen LogP) is 3.13. The van der Waals surface area contributed by atoms with Crippen molar-refractivity contribution in [2.24, 2.45) is 5.92 Å². The van der Waals surface area contributed by atoms with E-state index in [1.54, 1.807) is 7.11 Å². The summed E-state index contributed by atoms with van der Waals surface area (Å²) in [6.45, 7) is 15.2. The molecular formula is C31H44INO4. The number of methoxy groups -OCH3 is 1. The zero-order valence-electron chi connectivity index (χ0n) is 24.0. The first-order valence-electron chi connectivity index (χ1n) is 13.4. The van der Waals surface area contributed by atoms with Crippen LogP contribution in [-0.2, 0) is 17.3 Å².